The summed E-state index contributed by atoms with van der Waals surface area (Å²) in [5.74, 6) is 0.703. The lowest BCUT2D eigenvalue weighted by Crippen LogP contribution is -2.25. The quantitative estimate of drug-likeness (QED) is 0.625. The predicted molar refractivity (Wildman–Crippen MR) is 112 cm³/mol. The van der Waals surface area contributed by atoms with Gasteiger partial charge in [0.15, 0.2) is 0 Å². The maximum Gasteiger partial charge on any atom is 0.252 e. The molecule has 0 radical (unpaired) electrons. The van der Waals surface area contributed by atoms with E-state index < -0.39 is 0 Å². The molecule has 0 saturated carbocycles. The average molecular weight is 375 g/mol. The maximum atomic E-state index is 12.4. The van der Waals surface area contributed by atoms with Crippen molar-refractivity contribution in [2.45, 2.75) is 19.9 Å². The predicted octanol–water partition coefficient (Wildman–Crippen LogP) is 3.98. The Hall–Kier alpha value is -3.34. The van der Waals surface area contributed by atoms with Crippen molar-refractivity contribution in [1.29, 1.82) is 0 Å². The van der Waals surface area contributed by atoms with E-state index in [1.54, 1.807) is 19.5 Å². The van der Waals surface area contributed by atoms with Gasteiger partial charge in [-0.3, -0.25) is 9.78 Å². The van der Waals surface area contributed by atoms with E-state index in [4.69, 9.17) is 4.74 Å². The number of hydrogen-bond acceptors (Lipinski definition) is 4. The molecule has 28 heavy (non-hydrogen) atoms. The molecule has 3 rings (SSSR count). The number of ether oxygens (including phenoxy) is 1. The van der Waals surface area contributed by atoms with Crippen LogP contribution in [0.3, 0.4) is 0 Å². The second-order valence-electron chi connectivity index (χ2n) is 6.66. The fourth-order valence-electron chi connectivity index (χ4n) is 2.90. The van der Waals surface area contributed by atoms with Crippen LogP contribution >= 0.6 is 0 Å². The minimum absolute atomic E-state index is 0.125. The Morgan fingerprint density at radius 2 is 1.86 bits per heavy atom. The van der Waals surface area contributed by atoms with Crippen molar-refractivity contribution in [3.8, 4) is 5.75 Å². The zero-order valence-corrected chi connectivity index (χ0v) is 16.2. The van der Waals surface area contributed by atoms with Gasteiger partial charge in [-0.05, 0) is 42.7 Å². The largest absolute Gasteiger partial charge is 0.497 e. The van der Waals surface area contributed by atoms with E-state index in [9.17, 15) is 4.79 Å². The van der Waals surface area contributed by atoms with E-state index in [2.05, 4.69) is 40.7 Å². The SMILES string of the molecule is COc1ccc(CCNC(=O)c2cncc(NCc3cccc(C)c3)c2)cc1. The van der Waals surface area contributed by atoms with Gasteiger partial charge in [-0.25, -0.2) is 0 Å². The van der Waals surface area contributed by atoms with Crippen molar-refractivity contribution in [2.75, 3.05) is 19.0 Å². The van der Waals surface area contributed by atoms with Gasteiger partial charge in [-0.2, -0.15) is 0 Å². The Kier molecular flexibility index (Phi) is 6.63. The summed E-state index contributed by atoms with van der Waals surface area (Å²) in [5.41, 5.74) is 4.93. The highest BCUT2D eigenvalue weighted by molar-refractivity contribution is 5.94. The first-order valence-electron chi connectivity index (χ1n) is 9.29. The third-order valence-electron chi connectivity index (χ3n) is 4.44. The number of anilines is 1. The van der Waals surface area contributed by atoms with Crippen LogP contribution in [-0.4, -0.2) is 24.5 Å². The van der Waals surface area contributed by atoms with Crippen LogP contribution in [0.2, 0.25) is 0 Å². The molecule has 1 amide bonds. The van der Waals surface area contributed by atoms with Gasteiger partial charge in [0, 0.05) is 25.5 Å². The minimum Gasteiger partial charge on any atom is -0.497 e. The number of methoxy groups -OCH3 is 1. The topological polar surface area (TPSA) is 63.2 Å². The first-order chi connectivity index (χ1) is 13.6. The smallest absolute Gasteiger partial charge is 0.252 e. The molecule has 144 valence electrons. The number of carbonyl (C=O) groups excluding carboxylic acids is 1. The molecule has 3 aromatic rings. The molecule has 0 bridgehead atoms. The number of benzene rings is 2. The summed E-state index contributed by atoms with van der Waals surface area (Å²) >= 11 is 0. The van der Waals surface area contributed by atoms with Gasteiger partial charge in [0.2, 0.25) is 0 Å². The lowest BCUT2D eigenvalue weighted by Gasteiger charge is -2.09. The van der Waals surface area contributed by atoms with Crippen LogP contribution in [0.25, 0.3) is 0 Å². The van der Waals surface area contributed by atoms with Crippen LogP contribution < -0.4 is 15.4 Å². The molecule has 0 saturated heterocycles. The van der Waals surface area contributed by atoms with Crippen molar-refractivity contribution < 1.29 is 9.53 Å². The number of amides is 1. The van der Waals surface area contributed by atoms with Crippen LogP contribution in [0.5, 0.6) is 5.75 Å². The number of carbonyl (C=O) groups is 1. The molecule has 2 aromatic carbocycles. The van der Waals surface area contributed by atoms with Gasteiger partial charge < -0.3 is 15.4 Å². The third kappa shape index (κ3) is 5.58. The minimum atomic E-state index is -0.125. The van der Waals surface area contributed by atoms with E-state index in [-0.39, 0.29) is 5.91 Å². The second-order valence-corrected chi connectivity index (χ2v) is 6.66. The summed E-state index contributed by atoms with van der Waals surface area (Å²) < 4.78 is 5.15. The molecule has 1 aromatic heterocycles. The number of aromatic nitrogens is 1. The molecule has 0 atom stereocenters. The summed E-state index contributed by atoms with van der Waals surface area (Å²) in [6, 6.07) is 18.0. The lowest BCUT2D eigenvalue weighted by atomic mass is 10.1. The number of nitrogens with one attached hydrogen (secondary N) is 2. The van der Waals surface area contributed by atoms with E-state index in [0.717, 1.165) is 23.4 Å². The second kappa shape index (κ2) is 9.55. The Morgan fingerprint density at radius 1 is 1.04 bits per heavy atom. The fraction of sp³-hybridized carbons (Fsp3) is 0.217. The maximum absolute atomic E-state index is 12.4. The van der Waals surface area contributed by atoms with E-state index in [1.165, 1.54) is 11.1 Å². The van der Waals surface area contributed by atoms with Crippen LogP contribution in [0.1, 0.15) is 27.0 Å². The highest BCUT2D eigenvalue weighted by atomic mass is 16.5. The van der Waals surface area contributed by atoms with E-state index >= 15 is 0 Å². The zero-order chi connectivity index (χ0) is 19.8. The Labute approximate surface area is 165 Å². The van der Waals surface area contributed by atoms with Crippen LogP contribution in [0.15, 0.2) is 67.0 Å². The molecule has 0 aliphatic rings. The van der Waals surface area contributed by atoms with Crippen LogP contribution in [-0.2, 0) is 13.0 Å². The average Bonchev–Trinajstić information content (AvgIpc) is 2.73. The van der Waals surface area contributed by atoms with Gasteiger partial charge >= 0.3 is 0 Å². The number of pyridine rings is 1. The Morgan fingerprint density at radius 3 is 2.61 bits per heavy atom. The van der Waals surface area contributed by atoms with Crippen LogP contribution in [0, 0.1) is 6.92 Å². The highest BCUT2D eigenvalue weighted by Gasteiger charge is 2.07. The van der Waals surface area contributed by atoms with Crippen LogP contribution in [0.4, 0.5) is 5.69 Å². The molecule has 0 spiro atoms. The molecule has 0 aliphatic carbocycles. The third-order valence-corrected chi connectivity index (χ3v) is 4.44. The standard InChI is InChI=1S/C23H25N3O2/c1-17-4-3-5-19(12-17)14-26-21-13-20(15-24-16-21)23(27)25-11-10-18-6-8-22(28-2)9-7-18/h3-9,12-13,15-16,26H,10-11,14H2,1-2H3,(H,25,27). The fourth-order valence-corrected chi connectivity index (χ4v) is 2.90. The van der Waals surface area contributed by atoms with Gasteiger partial charge in [0.05, 0.1) is 18.4 Å². The molecular weight excluding hydrogens is 350 g/mol. The summed E-state index contributed by atoms with van der Waals surface area (Å²) in [7, 11) is 1.65. The van der Waals surface area contributed by atoms with E-state index in [1.807, 2.05) is 36.4 Å². The molecular formula is C23H25N3O2. The number of aryl methyl sites for hydroxylation is 1. The van der Waals surface area contributed by atoms with Gasteiger partial charge in [-0.1, -0.05) is 42.0 Å². The van der Waals surface area contributed by atoms with Gasteiger partial charge in [0.25, 0.3) is 5.91 Å². The zero-order valence-electron chi connectivity index (χ0n) is 16.2. The van der Waals surface area contributed by atoms with Crippen molar-refractivity contribution in [1.82, 2.24) is 10.3 Å². The molecule has 2 N–H and O–H groups in total. The summed E-state index contributed by atoms with van der Waals surface area (Å²) in [5, 5.41) is 6.27. The summed E-state index contributed by atoms with van der Waals surface area (Å²) in [6.07, 6.45) is 4.07. The Bertz CT molecular complexity index is 923. The highest BCUT2D eigenvalue weighted by Crippen LogP contribution is 2.13. The van der Waals surface area contributed by atoms with Crippen molar-refractivity contribution >= 4 is 11.6 Å². The molecule has 5 nitrogen and oxygen atoms in total. The first kappa shape index (κ1) is 19.4. The number of hydrogen-bond donors (Lipinski definition) is 2. The Balaban J connectivity index is 1.51. The molecule has 0 aliphatic heterocycles. The monoisotopic (exact) mass is 375 g/mol. The number of rotatable bonds is 8. The van der Waals surface area contributed by atoms with Crippen molar-refractivity contribution in [2.24, 2.45) is 0 Å². The first-order valence-corrected chi connectivity index (χ1v) is 9.29. The van der Waals surface area contributed by atoms with Crippen molar-refractivity contribution in [3.05, 3.63) is 89.2 Å². The molecule has 5 heteroatoms. The van der Waals surface area contributed by atoms with Gasteiger partial charge in [-0.15, -0.1) is 0 Å². The normalized spacial score (nSPS) is 10.4. The molecule has 0 unspecified atom stereocenters. The van der Waals surface area contributed by atoms with E-state index in [0.29, 0.717) is 18.7 Å². The molecule has 1 heterocycles. The van der Waals surface area contributed by atoms with Crippen molar-refractivity contribution in [3.63, 3.8) is 0 Å². The summed E-state index contributed by atoms with van der Waals surface area (Å²) in [6.45, 7) is 3.32. The lowest BCUT2D eigenvalue weighted by molar-refractivity contribution is 0.0954. The summed E-state index contributed by atoms with van der Waals surface area (Å²) in [4.78, 5) is 16.6. The number of nitrogens with zero attached hydrogens (tertiary/aromatic N) is 1. The molecule has 0 fully saturated rings. The van der Waals surface area contributed by atoms with Gasteiger partial charge in [0.1, 0.15) is 5.75 Å².